The van der Waals surface area contributed by atoms with Gasteiger partial charge in [0.15, 0.2) is 0 Å². The summed E-state index contributed by atoms with van der Waals surface area (Å²) in [4.78, 5) is 2.74. The van der Waals surface area contributed by atoms with E-state index in [-0.39, 0.29) is 0 Å². The van der Waals surface area contributed by atoms with Crippen molar-refractivity contribution in [2.24, 2.45) is 5.92 Å². The van der Waals surface area contributed by atoms with Gasteiger partial charge in [0.05, 0.1) is 0 Å². The normalized spacial score (nSPS) is 29.4. The molecule has 0 spiro atoms. The van der Waals surface area contributed by atoms with Crippen molar-refractivity contribution >= 4 is 0 Å². The Labute approximate surface area is 101 Å². The molecule has 2 nitrogen and oxygen atoms in total. The van der Waals surface area contributed by atoms with E-state index < -0.39 is 0 Å². The van der Waals surface area contributed by atoms with Crippen LogP contribution in [0.15, 0.2) is 0 Å². The highest BCUT2D eigenvalue weighted by molar-refractivity contribution is 4.92. The summed E-state index contributed by atoms with van der Waals surface area (Å²) < 4.78 is 0. The fraction of sp³-hybridized carbons (Fsp3) is 1.00. The van der Waals surface area contributed by atoms with Crippen molar-refractivity contribution in [3.8, 4) is 0 Å². The Morgan fingerprint density at radius 3 is 2.12 bits per heavy atom. The van der Waals surface area contributed by atoms with Crippen LogP contribution in [0.4, 0.5) is 0 Å². The molecule has 0 saturated heterocycles. The minimum atomic E-state index is 0.882. The minimum Gasteiger partial charge on any atom is -0.314 e. The second kappa shape index (κ2) is 6.02. The second-order valence-electron chi connectivity index (χ2n) is 5.62. The minimum absolute atomic E-state index is 0.882. The molecule has 2 heteroatoms. The molecule has 1 N–H and O–H groups in total. The molecule has 0 aromatic rings. The first-order chi connectivity index (χ1) is 7.85. The molecule has 2 unspecified atom stereocenters. The molecule has 2 aliphatic rings. The molecule has 16 heavy (non-hydrogen) atoms. The number of hydrogen-bond donors (Lipinski definition) is 1. The number of rotatable bonds is 8. The molecule has 0 aliphatic heterocycles. The molecule has 0 heterocycles. The smallest absolute Gasteiger partial charge is 0.0136 e. The summed E-state index contributed by atoms with van der Waals surface area (Å²) in [5.74, 6) is 0.943. The van der Waals surface area contributed by atoms with Gasteiger partial charge in [0, 0.05) is 12.1 Å². The van der Waals surface area contributed by atoms with E-state index in [1.54, 1.807) is 0 Å². The van der Waals surface area contributed by atoms with E-state index in [0.29, 0.717) is 0 Å². The highest BCUT2D eigenvalue weighted by atomic mass is 15.2. The lowest BCUT2D eigenvalue weighted by Gasteiger charge is -2.44. The van der Waals surface area contributed by atoms with Gasteiger partial charge in [-0.3, -0.25) is 0 Å². The van der Waals surface area contributed by atoms with Gasteiger partial charge in [-0.25, -0.2) is 0 Å². The second-order valence-corrected chi connectivity index (χ2v) is 5.62. The molecular weight excluding hydrogens is 196 g/mol. The highest BCUT2D eigenvalue weighted by Gasteiger charge is 2.35. The first-order valence-electron chi connectivity index (χ1n) is 7.32. The standard InChI is InChI=1S/C14H28N2/c1-3-9-16(10-4-2)14-8-5-12(14)11-15-13-6-7-13/h12-15H,3-11H2,1-2H3. The Morgan fingerprint density at radius 2 is 1.69 bits per heavy atom. The van der Waals surface area contributed by atoms with Gasteiger partial charge in [-0.15, -0.1) is 0 Å². The summed E-state index contributed by atoms with van der Waals surface area (Å²) in [7, 11) is 0. The topological polar surface area (TPSA) is 15.3 Å². The van der Waals surface area contributed by atoms with Gasteiger partial charge in [-0.1, -0.05) is 13.8 Å². The predicted octanol–water partition coefficient (Wildman–Crippen LogP) is 2.64. The summed E-state index contributed by atoms with van der Waals surface area (Å²) >= 11 is 0. The van der Waals surface area contributed by atoms with Crippen molar-refractivity contribution in [3.05, 3.63) is 0 Å². The van der Waals surface area contributed by atoms with Gasteiger partial charge in [0.1, 0.15) is 0 Å². The van der Waals surface area contributed by atoms with Crippen molar-refractivity contribution in [2.75, 3.05) is 19.6 Å². The van der Waals surface area contributed by atoms with Crippen molar-refractivity contribution in [1.29, 1.82) is 0 Å². The summed E-state index contributed by atoms with van der Waals surface area (Å²) in [6.07, 6.45) is 8.35. The fourth-order valence-electron chi connectivity index (χ4n) is 2.89. The van der Waals surface area contributed by atoms with E-state index in [4.69, 9.17) is 0 Å². The zero-order valence-electron chi connectivity index (χ0n) is 11.0. The third-order valence-corrected chi connectivity index (χ3v) is 4.11. The molecule has 2 saturated carbocycles. The van der Waals surface area contributed by atoms with Crippen LogP contribution in [0.5, 0.6) is 0 Å². The zero-order valence-corrected chi connectivity index (χ0v) is 11.0. The molecular formula is C14H28N2. The van der Waals surface area contributed by atoms with Gasteiger partial charge < -0.3 is 10.2 Å². The van der Waals surface area contributed by atoms with Crippen LogP contribution in [0.3, 0.4) is 0 Å². The lowest BCUT2D eigenvalue weighted by molar-refractivity contribution is 0.0614. The Balaban J connectivity index is 1.72. The highest BCUT2D eigenvalue weighted by Crippen LogP contribution is 2.32. The zero-order chi connectivity index (χ0) is 11.4. The van der Waals surface area contributed by atoms with Gasteiger partial charge in [-0.2, -0.15) is 0 Å². The first kappa shape index (κ1) is 12.4. The lowest BCUT2D eigenvalue weighted by Crippen LogP contribution is -2.51. The van der Waals surface area contributed by atoms with E-state index in [9.17, 15) is 0 Å². The van der Waals surface area contributed by atoms with E-state index in [1.807, 2.05) is 0 Å². The van der Waals surface area contributed by atoms with Crippen molar-refractivity contribution < 1.29 is 0 Å². The quantitative estimate of drug-likeness (QED) is 0.682. The van der Waals surface area contributed by atoms with Crippen LogP contribution in [0.2, 0.25) is 0 Å². The SMILES string of the molecule is CCCN(CCC)C1CCC1CNC1CC1. The molecule has 0 amide bonds. The van der Waals surface area contributed by atoms with Crippen molar-refractivity contribution in [2.45, 2.75) is 64.5 Å². The molecule has 0 aromatic heterocycles. The lowest BCUT2D eigenvalue weighted by atomic mass is 9.78. The van der Waals surface area contributed by atoms with E-state index in [2.05, 4.69) is 24.1 Å². The van der Waals surface area contributed by atoms with Crippen LogP contribution in [-0.4, -0.2) is 36.6 Å². The third-order valence-electron chi connectivity index (χ3n) is 4.11. The van der Waals surface area contributed by atoms with Crippen LogP contribution in [-0.2, 0) is 0 Å². The molecule has 0 bridgehead atoms. The molecule has 2 fully saturated rings. The van der Waals surface area contributed by atoms with Gasteiger partial charge >= 0.3 is 0 Å². The van der Waals surface area contributed by atoms with E-state index in [0.717, 1.165) is 18.0 Å². The Bertz CT molecular complexity index is 195. The monoisotopic (exact) mass is 224 g/mol. The number of nitrogens with one attached hydrogen (secondary N) is 1. The average molecular weight is 224 g/mol. The Hall–Kier alpha value is -0.0800. The summed E-state index contributed by atoms with van der Waals surface area (Å²) in [5.41, 5.74) is 0. The van der Waals surface area contributed by atoms with Crippen LogP contribution < -0.4 is 5.32 Å². The fourth-order valence-corrected chi connectivity index (χ4v) is 2.89. The van der Waals surface area contributed by atoms with Crippen LogP contribution in [0, 0.1) is 5.92 Å². The van der Waals surface area contributed by atoms with Crippen LogP contribution in [0.25, 0.3) is 0 Å². The third kappa shape index (κ3) is 3.21. The molecule has 0 aromatic carbocycles. The average Bonchev–Trinajstić information content (AvgIpc) is 3.01. The van der Waals surface area contributed by atoms with Crippen LogP contribution in [0.1, 0.15) is 52.4 Å². The molecule has 94 valence electrons. The van der Waals surface area contributed by atoms with E-state index in [1.165, 1.54) is 58.2 Å². The molecule has 2 rings (SSSR count). The molecule has 2 aliphatic carbocycles. The summed E-state index contributed by atoms with van der Waals surface area (Å²) in [5, 5.41) is 3.70. The van der Waals surface area contributed by atoms with Gasteiger partial charge in [-0.05, 0) is 64.1 Å². The van der Waals surface area contributed by atoms with Gasteiger partial charge in [0.2, 0.25) is 0 Å². The Morgan fingerprint density at radius 1 is 1.00 bits per heavy atom. The first-order valence-corrected chi connectivity index (χ1v) is 7.32. The molecule has 2 atom stereocenters. The van der Waals surface area contributed by atoms with Crippen molar-refractivity contribution in [1.82, 2.24) is 10.2 Å². The summed E-state index contributed by atoms with van der Waals surface area (Å²) in [6.45, 7) is 8.49. The van der Waals surface area contributed by atoms with Gasteiger partial charge in [0.25, 0.3) is 0 Å². The maximum atomic E-state index is 3.70. The number of nitrogens with zero attached hydrogens (tertiary/aromatic N) is 1. The summed E-state index contributed by atoms with van der Waals surface area (Å²) in [6, 6.07) is 1.78. The molecule has 0 radical (unpaired) electrons. The Kier molecular flexibility index (Phi) is 4.66. The van der Waals surface area contributed by atoms with Crippen LogP contribution >= 0.6 is 0 Å². The predicted molar refractivity (Wildman–Crippen MR) is 69.7 cm³/mol. The largest absolute Gasteiger partial charge is 0.314 e. The van der Waals surface area contributed by atoms with Crippen molar-refractivity contribution in [3.63, 3.8) is 0 Å². The maximum Gasteiger partial charge on any atom is 0.0136 e. The maximum absolute atomic E-state index is 3.70. The van der Waals surface area contributed by atoms with E-state index >= 15 is 0 Å². The number of hydrogen-bond acceptors (Lipinski definition) is 2.